The lowest BCUT2D eigenvalue weighted by atomic mass is 9.80. The van der Waals surface area contributed by atoms with Crippen molar-refractivity contribution in [2.45, 2.75) is 56.9 Å². The van der Waals surface area contributed by atoms with Crippen molar-refractivity contribution < 1.29 is 8.78 Å². The summed E-state index contributed by atoms with van der Waals surface area (Å²) in [7, 11) is 0. The molecule has 0 amide bonds. The molecule has 1 saturated carbocycles. The van der Waals surface area contributed by atoms with E-state index in [-0.39, 0.29) is 12.8 Å². The van der Waals surface area contributed by atoms with Gasteiger partial charge in [-0.2, -0.15) is 0 Å². The maximum atomic E-state index is 13.1. The van der Waals surface area contributed by atoms with Crippen LogP contribution in [0.3, 0.4) is 0 Å². The second-order valence-electron chi connectivity index (χ2n) is 5.23. The third kappa shape index (κ3) is 2.65. The number of thiazole rings is 1. The van der Waals surface area contributed by atoms with Crippen molar-refractivity contribution in [3.8, 4) is 0 Å². The lowest BCUT2D eigenvalue weighted by molar-refractivity contribution is -0.0509. The fourth-order valence-electron chi connectivity index (χ4n) is 2.09. The van der Waals surface area contributed by atoms with Crippen LogP contribution in [0, 0.1) is 0 Å². The van der Waals surface area contributed by atoms with E-state index >= 15 is 0 Å². The number of hydrogen-bond acceptors (Lipinski definition) is 3. The number of aromatic nitrogens is 1. The van der Waals surface area contributed by atoms with Crippen molar-refractivity contribution >= 4 is 11.3 Å². The highest BCUT2D eigenvalue weighted by Crippen LogP contribution is 2.44. The summed E-state index contributed by atoms with van der Waals surface area (Å²) in [6, 6.07) is 0. The van der Waals surface area contributed by atoms with Crippen molar-refractivity contribution in [3.63, 3.8) is 0 Å². The van der Waals surface area contributed by atoms with Gasteiger partial charge >= 0.3 is 0 Å². The Hall–Kier alpha value is -0.550. The Morgan fingerprint density at radius 1 is 1.29 bits per heavy atom. The van der Waals surface area contributed by atoms with Gasteiger partial charge in [-0.15, -0.1) is 11.3 Å². The predicted molar refractivity (Wildman–Crippen MR) is 65.5 cm³/mol. The number of alkyl halides is 2. The SMILES string of the molecule is CC(C)c1ncc(C2(N)CCC(F)(F)CC2)s1. The first-order valence-electron chi connectivity index (χ1n) is 5.95. The first-order valence-corrected chi connectivity index (χ1v) is 6.77. The van der Waals surface area contributed by atoms with Crippen LogP contribution in [0.15, 0.2) is 6.20 Å². The van der Waals surface area contributed by atoms with Crippen LogP contribution in [0.2, 0.25) is 0 Å². The Bertz CT molecular complexity index is 391. The van der Waals surface area contributed by atoms with Crippen LogP contribution >= 0.6 is 11.3 Å². The first kappa shape index (κ1) is 12.9. The van der Waals surface area contributed by atoms with E-state index in [9.17, 15) is 8.78 Å². The van der Waals surface area contributed by atoms with Gasteiger partial charge in [0.1, 0.15) is 0 Å². The first-order chi connectivity index (χ1) is 7.82. The van der Waals surface area contributed by atoms with Crippen molar-refractivity contribution in [2.75, 3.05) is 0 Å². The van der Waals surface area contributed by atoms with Crippen LogP contribution in [0.5, 0.6) is 0 Å². The topological polar surface area (TPSA) is 38.9 Å². The Morgan fingerprint density at radius 2 is 1.88 bits per heavy atom. The highest BCUT2D eigenvalue weighted by Gasteiger charge is 2.43. The molecular formula is C12H18F2N2S. The monoisotopic (exact) mass is 260 g/mol. The molecule has 0 aromatic carbocycles. The van der Waals surface area contributed by atoms with Crippen LogP contribution in [0.25, 0.3) is 0 Å². The summed E-state index contributed by atoms with van der Waals surface area (Å²) in [5.74, 6) is -2.17. The Balaban J connectivity index is 2.16. The van der Waals surface area contributed by atoms with Gasteiger partial charge < -0.3 is 5.73 Å². The summed E-state index contributed by atoms with van der Waals surface area (Å²) in [4.78, 5) is 5.28. The van der Waals surface area contributed by atoms with Gasteiger partial charge in [0.15, 0.2) is 0 Å². The van der Waals surface area contributed by atoms with Crippen LogP contribution in [0.4, 0.5) is 8.78 Å². The molecule has 5 heteroatoms. The molecule has 1 aliphatic carbocycles. The molecule has 1 aliphatic rings. The van der Waals surface area contributed by atoms with Crippen molar-refractivity contribution in [1.29, 1.82) is 0 Å². The summed E-state index contributed by atoms with van der Waals surface area (Å²) in [6.07, 6.45) is 2.24. The molecule has 1 aromatic rings. The molecule has 0 atom stereocenters. The Morgan fingerprint density at radius 3 is 2.35 bits per heavy atom. The van der Waals surface area contributed by atoms with E-state index < -0.39 is 11.5 Å². The molecular weight excluding hydrogens is 242 g/mol. The summed E-state index contributed by atoms with van der Waals surface area (Å²) in [5, 5.41) is 1.03. The van der Waals surface area contributed by atoms with Gasteiger partial charge in [-0.05, 0) is 12.8 Å². The highest BCUT2D eigenvalue weighted by molar-refractivity contribution is 7.11. The van der Waals surface area contributed by atoms with Gasteiger partial charge in [-0.1, -0.05) is 13.8 Å². The van der Waals surface area contributed by atoms with Gasteiger partial charge in [-0.3, -0.25) is 0 Å². The van der Waals surface area contributed by atoms with E-state index in [2.05, 4.69) is 18.8 Å². The van der Waals surface area contributed by atoms with Crippen molar-refractivity contribution in [1.82, 2.24) is 4.98 Å². The Kier molecular flexibility index (Phi) is 3.25. The van der Waals surface area contributed by atoms with Gasteiger partial charge in [-0.25, -0.2) is 13.8 Å². The van der Waals surface area contributed by atoms with Gasteiger partial charge in [0.05, 0.1) is 10.5 Å². The molecule has 96 valence electrons. The molecule has 2 N–H and O–H groups in total. The number of hydrogen-bond donors (Lipinski definition) is 1. The van der Waals surface area contributed by atoms with E-state index in [0.717, 1.165) is 9.88 Å². The minimum absolute atomic E-state index is 0.113. The lowest BCUT2D eigenvalue weighted by Gasteiger charge is -2.36. The molecule has 0 bridgehead atoms. The minimum Gasteiger partial charge on any atom is -0.321 e. The molecule has 0 saturated heterocycles. The van der Waals surface area contributed by atoms with Crippen LogP contribution in [0.1, 0.15) is 55.3 Å². The molecule has 0 aliphatic heterocycles. The lowest BCUT2D eigenvalue weighted by Crippen LogP contribution is -2.42. The molecule has 2 rings (SSSR count). The van der Waals surface area contributed by atoms with Crippen LogP contribution in [-0.2, 0) is 5.54 Å². The normalized spacial score (nSPS) is 22.9. The summed E-state index contributed by atoms with van der Waals surface area (Å²) in [5.41, 5.74) is 5.66. The van der Waals surface area contributed by atoms with Crippen LogP contribution < -0.4 is 5.73 Å². The van der Waals surface area contributed by atoms with Crippen molar-refractivity contribution in [3.05, 3.63) is 16.1 Å². The van der Waals surface area contributed by atoms with E-state index in [1.807, 2.05) is 0 Å². The third-order valence-electron chi connectivity index (χ3n) is 3.38. The van der Waals surface area contributed by atoms with E-state index in [0.29, 0.717) is 18.8 Å². The van der Waals surface area contributed by atoms with Gasteiger partial charge in [0, 0.05) is 29.8 Å². The number of halogens is 2. The highest BCUT2D eigenvalue weighted by atomic mass is 32.1. The maximum absolute atomic E-state index is 13.1. The molecule has 2 nitrogen and oxygen atoms in total. The molecule has 17 heavy (non-hydrogen) atoms. The number of nitrogens with two attached hydrogens (primary N) is 1. The Labute approximate surface area is 104 Å². The molecule has 1 fully saturated rings. The average Bonchev–Trinajstić information content (AvgIpc) is 2.73. The fourth-order valence-corrected chi connectivity index (χ4v) is 3.17. The second-order valence-corrected chi connectivity index (χ2v) is 6.29. The maximum Gasteiger partial charge on any atom is 0.248 e. The van der Waals surface area contributed by atoms with Crippen molar-refractivity contribution in [2.24, 2.45) is 5.73 Å². The quantitative estimate of drug-likeness (QED) is 0.882. The standard InChI is InChI=1S/C12H18F2N2S/c1-8(2)10-16-7-9(17-10)11(15)3-5-12(13,14)6-4-11/h7-8H,3-6,15H2,1-2H3. The fraction of sp³-hybridized carbons (Fsp3) is 0.750. The molecule has 1 aromatic heterocycles. The minimum atomic E-state index is -2.53. The summed E-state index contributed by atoms with van der Waals surface area (Å²) < 4.78 is 26.3. The second kappa shape index (κ2) is 4.28. The van der Waals surface area contributed by atoms with Crippen LogP contribution in [-0.4, -0.2) is 10.9 Å². The number of nitrogens with zero attached hydrogens (tertiary/aromatic N) is 1. The van der Waals surface area contributed by atoms with E-state index in [1.165, 1.54) is 0 Å². The average molecular weight is 260 g/mol. The number of rotatable bonds is 2. The molecule has 1 heterocycles. The summed E-state index contributed by atoms with van der Waals surface area (Å²) >= 11 is 1.57. The molecule has 0 radical (unpaired) electrons. The predicted octanol–water partition coefficient (Wildman–Crippen LogP) is 3.63. The van der Waals surface area contributed by atoms with Gasteiger partial charge in [0.25, 0.3) is 0 Å². The molecule has 0 unspecified atom stereocenters. The largest absolute Gasteiger partial charge is 0.321 e. The third-order valence-corrected chi connectivity index (χ3v) is 4.90. The van der Waals surface area contributed by atoms with Gasteiger partial charge in [0.2, 0.25) is 5.92 Å². The zero-order valence-corrected chi connectivity index (χ0v) is 11.0. The van der Waals surface area contributed by atoms with E-state index in [1.54, 1.807) is 17.5 Å². The smallest absolute Gasteiger partial charge is 0.248 e. The van der Waals surface area contributed by atoms with E-state index in [4.69, 9.17) is 5.73 Å². The molecule has 0 spiro atoms. The summed E-state index contributed by atoms with van der Waals surface area (Å²) in [6.45, 7) is 4.14. The zero-order valence-electron chi connectivity index (χ0n) is 10.2. The zero-order chi connectivity index (χ0) is 12.7.